The highest BCUT2D eigenvalue weighted by Gasteiger charge is 2.18. The number of ether oxygens (including phenoxy) is 2. The molecule has 0 aromatic carbocycles. The fourth-order valence-electron chi connectivity index (χ4n) is 2.27. The minimum Gasteiger partial charge on any atom is -0.467 e. The van der Waals surface area contributed by atoms with E-state index in [-0.39, 0.29) is 0 Å². The summed E-state index contributed by atoms with van der Waals surface area (Å²) in [6.07, 6.45) is 2.31. The summed E-state index contributed by atoms with van der Waals surface area (Å²) in [4.78, 5) is 14.9. The lowest BCUT2D eigenvalue weighted by molar-refractivity contribution is 0.0575. The van der Waals surface area contributed by atoms with Crippen LogP contribution in [-0.2, 0) is 4.74 Å². The van der Waals surface area contributed by atoms with Crippen LogP contribution in [0.3, 0.4) is 0 Å². The lowest BCUT2D eigenvalue weighted by Crippen LogP contribution is -2.32. The van der Waals surface area contributed by atoms with Gasteiger partial charge in [0.05, 0.1) is 13.7 Å². The van der Waals surface area contributed by atoms with Gasteiger partial charge in [0.25, 0.3) is 0 Å². The number of anilines is 2. The third-order valence-corrected chi connectivity index (χ3v) is 3.25. The summed E-state index contributed by atoms with van der Waals surface area (Å²) in [5.41, 5.74) is 0. The van der Waals surface area contributed by atoms with Crippen LogP contribution in [0.1, 0.15) is 19.8 Å². The molecule has 1 atom stereocenters. The molecule has 7 nitrogen and oxygen atoms in total. The molecule has 2 rings (SSSR count). The predicted octanol–water partition coefficient (Wildman–Crippen LogP) is 1.17. The van der Waals surface area contributed by atoms with Crippen molar-refractivity contribution in [2.75, 3.05) is 50.7 Å². The fourth-order valence-corrected chi connectivity index (χ4v) is 2.27. The third kappa shape index (κ3) is 3.93. The summed E-state index contributed by atoms with van der Waals surface area (Å²) in [6.45, 7) is 5.32. The van der Waals surface area contributed by atoms with Crippen LogP contribution in [0.15, 0.2) is 0 Å². The van der Waals surface area contributed by atoms with Gasteiger partial charge in [0.15, 0.2) is 0 Å². The van der Waals surface area contributed by atoms with Crippen LogP contribution in [0, 0.1) is 5.92 Å². The van der Waals surface area contributed by atoms with Crippen LogP contribution < -0.4 is 15.0 Å². The van der Waals surface area contributed by atoms with Gasteiger partial charge in [-0.1, -0.05) is 0 Å². The summed E-state index contributed by atoms with van der Waals surface area (Å²) in [6, 6.07) is 0.331. The quantitative estimate of drug-likeness (QED) is 0.839. The molecule has 1 aliphatic rings. The Morgan fingerprint density at radius 2 is 2.25 bits per heavy atom. The van der Waals surface area contributed by atoms with Gasteiger partial charge in [-0.25, -0.2) is 0 Å². The highest BCUT2D eigenvalue weighted by molar-refractivity contribution is 5.37. The molecular weight excluding hydrogens is 258 g/mol. The van der Waals surface area contributed by atoms with Gasteiger partial charge >= 0.3 is 6.01 Å². The van der Waals surface area contributed by atoms with Crippen LogP contribution in [0.2, 0.25) is 0 Å². The minimum atomic E-state index is 0.331. The molecule has 0 amide bonds. The largest absolute Gasteiger partial charge is 0.467 e. The first-order chi connectivity index (χ1) is 9.72. The monoisotopic (exact) mass is 281 g/mol. The van der Waals surface area contributed by atoms with Crippen molar-refractivity contribution in [1.29, 1.82) is 0 Å². The van der Waals surface area contributed by atoms with Crippen molar-refractivity contribution < 1.29 is 9.47 Å². The first-order valence-corrected chi connectivity index (χ1v) is 7.05. The van der Waals surface area contributed by atoms with Crippen molar-refractivity contribution in [2.24, 2.45) is 5.92 Å². The molecule has 1 aromatic rings. The van der Waals surface area contributed by atoms with Crippen molar-refractivity contribution in [3.05, 3.63) is 0 Å². The average Bonchev–Trinajstić information content (AvgIpc) is 2.48. The molecule has 1 saturated heterocycles. The van der Waals surface area contributed by atoms with Crippen molar-refractivity contribution in [2.45, 2.75) is 19.8 Å². The van der Waals surface area contributed by atoms with E-state index in [2.05, 4.69) is 20.3 Å². The highest BCUT2D eigenvalue weighted by Crippen LogP contribution is 2.18. The molecule has 0 bridgehead atoms. The Hall–Kier alpha value is -1.63. The van der Waals surface area contributed by atoms with Gasteiger partial charge in [-0.05, 0) is 25.7 Å². The van der Waals surface area contributed by atoms with Gasteiger partial charge in [0, 0.05) is 26.7 Å². The topological polar surface area (TPSA) is 72.4 Å². The van der Waals surface area contributed by atoms with Crippen LogP contribution >= 0.6 is 0 Å². The molecule has 7 heteroatoms. The van der Waals surface area contributed by atoms with E-state index in [4.69, 9.17) is 9.47 Å². The lowest BCUT2D eigenvalue weighted by Gasteiger charge is -2.27. The number of rotatable bonds is 6. The second-order valence-electron chi connectivity index (χ2n) is 4.94. The molecule has 1 aromatic heterocycles. The highest BCUT2D eigenvalue weighted by atomic mass is 16.5. The molecular formula is C13H23N5O2. The third-order valence-electron chi connectivity index (χ3n) is 3.25. The molecule has 20 heavy (non-hydrogen) atoms. The maximum Gasteiger partial charge on any atom is 0.322 e. The predicted molar refractivity (Wildman–Crippen MR) is 77.4 cm³/mol. The standard InChI is InChI=1S/C13H23N5O2/c1-4-14-11-15-12(17-13(16-11)19-3)18(2)8-10-6-5-7-20-9-10/h10H,4-9H2,1-3H3,(H,14,15,16,17). The number of hydrogen-bond donors (Lipinski definition) is 1. The Morgan fingerprint density at radius 1 is 1.40 bits per heavy atom. The molecule has 0 radical (unpaired) electrons. The van der Waals surface area contributed by atoms with E-state index in [1.54, 1.807) is 7.11 Å². The van der Waals surface area contributed by atoms with Crippen LogP contribution in [0.25, 0.3) is 0 Å². The van der Waals surface area contributed by atoms with Crippen LogP contribution in [0.4, 0.5) is 11.9 Å². The SMILES string of the molecule is CCNc1nc(OC)nc(N(C)CC2CCCOC2)n1. The normalized spacial score (nSPS) is 18.6. The Morgan fingerprint density at radius 3 is 2.90 bits per heavy atom. The lowest BCUT2D eigenvalue weighted by atomic mass is 10.0. The summed E-state index contributed by atoms with van der Waals surface area (Å²) in [5.74, 6) is 1.69. The molecule has 0 aliphatic carbocycles. The number of nitrogens with zero attached hydrogens (tertiary/aromatic N) is 4. The summed E-state index contributed by atoms with van der Waals surface area (Å²) in [5, 5.41) is 3.09. The van der Waals surface area contributed by atoms with E-state index < -0.39 is 0 Å². The molecule has 1 unspecified atom stereocenters. The first kappa shape index (κ1) is 14.8. The van der Waals surface area contributed by atoms with Crippen molar-refractivity contribution in [1.82, 2.24) is 15.0 Å². The number of methoxy groups -OCH3 is 1. The van der Waals surface area contributed by atoms with Gasteiger partial charge < -0.3 is 19.7 Å². The summed E-state index contributed by atoms with van der Waals surface area (Å²) >= 11 is 0. The van der Waals surface area contributed by atoms with E-state index in [0.717, 1.165) is 32.7 Å². The molecule has 1 fully saturated rings. The zero-order valence-corrected chi connectivity index (χ0v) is 12.4. The Labute approximate surface area is 119 Å². The zero-order valence-electron chi connectivity index (χ0n) is 12.4. The van der Waals surface area contributed by atoms with Gasteiger partial charge in [-0.2, -0.15) is 15.0 Å². The Kier molecular flexibility index (Phi) is 5.34. The van der Waals surface area contributed by atoms with Gasteiger partial charge in [-0.15, -0.1) is 0 Å². The summed E-state index contributed by atoms with van der Waals surface area (Å²) < 4.78 is 10.6. The van der Waals surface area contributed by atoms with Crippen LogP contribution in [-0.4, -0.2) is 55.4 Å². The Bertz CT molecular complexity index is 423. The van der Waals surface area contributed by atoms with Crippen molar-refractivity contribution in [3.63, 3.8) is 0 Å². The first-order valence-electron chi connectivity index (χ1n) is 7.05. The van der Waals surface area contributed by atoms with Crippen molar-refractivity contribution in [3.8, 4) is 6.01 Å². The van der Waals surface area contributed by atoms with E-state index in [0.29, 0.717) is 23.8 Å². The number of hydrogen-bond acceptors (Lipinski definition) is 7. The van der Waals surface area contributed by atoms with E-state index in [9.17, 15) is 0 Å². The maximum atomic E-state index is 5.51. The van der Waals surface area contributed by atoms with Gasteiger partial charge in [-0.3, -0.25) is 0 Å². The van der Waals surface area contributed by atoms with Crippen LogP contribution in [0.5, 0.6) is 6.01 Å². The van der Waals surface area contributed by atoms with E-state index in [1.807, 2.05) is 18.9 Å². The number of nitrogens with one attached hydrogen (secondary N) is 1. The number of aromatic nitrogens is 3. The second-order valence-corrected chi connectivity index (χ2v) is 4.94. The summed E-state index contributed by atoms with van der Waals surface area (Å²) in [7, 11) is 3.54. The molecule has 1 aliphatic heterocycles. The molecule has 2 heterocycles. The van der Waals surface area contributed by atoms with E-state index in [1.165, 1.54) is 6.42 Å². The van der Waals surface area contributed by atoms with E-state index >= 15 is 0 Å². The zero-order chi connectivity index (χ0) is 14.4. The Balaban J connectivity index is 2.06. The van der Waals surface area contributed by atoms with Crippen molar-refractivity contribution >= 4 is 11.9 Å². The molecule has 1 N–H and O–H groups in total. The molecule has 112 valence electrons. The van der Waals surface area contributed by atoms with Gasteiger partial charge in [0.1, 0.15) is 0 Å². The molecule has 0 spiro atoms. The second kappa shape index (κ2) is 7.23. The fraction of sp³-hybridized carbons (Fsp3) is 0.769. The smallest absolute Gasteiger partial charge is 0.322 e. The average molecular weight is 281 g/mol. The maximum absolute atomic E-state index is 5.51. The molecule has 0 saturated carbocycles. The van der Waals surface area contributed by atoms with Gasteiger partial charge in [0.2, 0.25) is 11.9 Å². The minimum absolute atomic E-state index is 0.331.